The normalized spacial score (nSPS) is 14.9. The summed E-state index contributed by atoms with van der Waals surface area (Å²) in [5.74, 6) is -0.0646. The number of methoxy groups -OCH3 is 2. The number of hydrogen-bond donors (Lipinski definition) is 1. The van der Waals surface area contributed by atoms with Crippen molar-refractivity contribution in [2.24, 2.45) is 0 Å². The minimum absolute atomic E-state index is 0.0867. The van der Waals surface area contributed by atoms with Crippen LogP contribution in [0.25, 0.3) is 0 Å². The Morgan fingerprint density at radius 2 is 1.68 bits per heavy atom. The van der Waals surface area contributed by atoms with Crippen molar-refractivity contribution in [1.82, 2.24) is 10.2 Å². The summed E-state index contributed by atoms with van der Waals surface area (Å²) in [4.78, 5) is 28.5. The summed E-state index contributed by atoms with van der Waals surface area (Å²) in [6.07, 6.45) is 6.16. The van der Waals surface area contributed by atoms with Crippen LogP contribution in [0, 0.1) is 6.92 Å². The van der Waals surface area contributed by atoms with Gasteiger partial charge in [-0.2, -0.15) is 0 Å². The fourth-order valence-corrected chi connectivity index (χ4v) is 5.47. The second kappa shape index (κ2) is 13.0. The molecule has 0 spiro atoms. The average molecular weight is 546 g/mol. The Balaban J connectivity index is 1.93. The molecule has 0 radical (unpaired) electrons. The van der Waals surface area contributed by atoms with Crippen LogP contribution in [0.3, 0.4) is 0 Å². The fourth-order valence-electron chi connectivity index (χ4n) is 4.63. The molecule has 208 valence electrons. The molecule has 10 heteroatoms. The van der Waals surface area contributed by atoms with Crippen LogP contribution in [0.4, 0.5) is 5.69 Å². The number of sulfonamides is 1. The highest BCUT2D eigenvalue weighted by Crippen LogP contribution is 2.34. The van der Waals surface area contributed by atoms with Crippen LogP contribution in [-0.4, -0.2) is 64.2 Å². The number of carbonyl (C=O) groups excluding carboxylic acids is 2. The van der Waals surface area contributed by atoms with Crippen LogP contribution in [0.15, 0.2) is 42.5 Å². The van der Waals surface area contributed by atoms with E-state index < -0.39 is 28.5 Å². The van der Waals surface area contributed by atoms with Crippen molar-refractivity contribution in [2.45, 2.75) is 64.6 Å². The highest BCUT2D eigenvalue weighted by atomic mass is 32.2. The third kappa shape index (κ3) is 7.63. The molecule has 1 fully saturated rings. The van der Waals surface area contributed by atoms with Gasteiger partial charge in [0.1, 0.15) is 24.1 Å². The first kappa shape index (κ1) is 29.3. The van der Waals surface area contributed by atoms with Crippen LogP contribution >= 0.6 is 0 Å². The molecule has 2 amide bonds. The highest BCUT2D eigenvalue weighted by Gasteiger charge is 2.32. The molecule has 3 rings (SSSR count). The van der Waals surface area contributed by atoms with Crippen molar-refractivity contribution in [3.05, 3.63) is 53.6 Å². The lowest BCUT2D eigenvalue weighted by Crippen LogP contribution is -2.53. The zero-order valence-corrected chi connectivity index (χ0v) is 23.7. The van der Waals surface area contributed by atoms with Gasteiger partial charge >= 0.3 is 0 Å². The Kier molecular flexibility index (Phi) is 10.0. The Labute approximate surface area is 226 Å². The molecule has 1 atom stereocenters. The first-order valence-electron chi connectivity index (χ1n) is 12.9. The molecule has 1 aliphatic rings. The summed E-state index contributed by atoms with van der Waals surface area (Å²) >= 11 is 0. The Morgan fingerprint density at radius 1 is 1.03 bits per heavy atom. The first-order chi connectivity index (χ1) is 18.0. The molecule has 1 saturated carbocycles. The van der Waals surface area contributed by atoms with E-state index >= 15 is 0 Å². The molecule has 2 aromatic carbocycles. The predicted octanol–water partition coefficient (Wildman–Crippen LogP) is 3.64. The maximum atomic E-state index is 13.8. The smallest absolute Gasteiger partial charge is 0.244 e. The third-order valence-corrected chi connectivity index (χ3v) is 8.05. The summed E-state index contributed by atoms with van der Waals surface area (Å²) in [7, 11) is -1.01. The van der Waals surface area contributed by atoms with Gasteiger partial charge in [-0.05, 0) is 44.4 Å². The van der Waals surface area contributed by atoms with E-state index in [-0.39, 0.29) is 29.9 Å². The summed E-state index contributed by atoms with van der Waals surface area (Å²) in [5, 5.41) is 3.10. The molecule has 0 bridgehead atoms. The number of aryl methyl sites for hydroxylation is 1. The molecule has 2 aromatic rings. The van der Waals surface area contributed by atoms with E-state index in [1.807, 2.05) is 31.2 Å². The van der Waals surface area contributed by atoms with Crippen molar-refractivity contribution in [3.8, 4) is 11.5 Å². The van der Waals surface area contributed by atoms with Crippen molar-refractivity contribution in [3.63, 3.8) is 0 Å². The number of rotatable bonds is 11. The number of nitrogens with one attached hydrogen (secondary N) is 1. The molecule has 38 heavy (non-hydrogen) atoms. The molecule has 0 heterocycles. The van der Waals surface area contributed by atoms with Crippen molar-refractivity contribution < 1.29 is 27.5 Å². The van der Waals surface area contributed by atoms with Crippen LogP contribution < -0.4 is 19.1 Å². The monoisotopic (exact) mass is 545 g/mol. The average Bonchev–Trinajstić information content (AvgIpc) is 2.90. The lowest BCUT2D eigenvalue weighted by Gasteiger charge is -2.33. The number of ether oxygens (including phenoxy) is 2. The van der Waals surface area contributed by atoms with Gasteiger partial charge in [-0.15, -0.1) is 0 Å². The molecular weight excluding hydrogens is 506 g/mol. The van der Waals surface area contributed by atoms with E-state index in [4.69, 9.17) is 9.47 Å². The van der Waals surface area contributed by atoms with Crippen LogP contribution in [0.5, 0.6) is 11.5 Å². The van der Waals surface area contributed by atoms with Gasteiger partial charge in [-0.3, -0.25) is 13.9 Å². The Morgan fingerprint density at radius 3 is 2.26 bits per heavy atom. The summed E-state index contributed by atoms with van der Waals surface area (Å²) in [6.45, 7) is 3.31. The largest absolute Gasteiger partial charge is 0.497 e. The third-order valence-electron chi connectivity index (χ3n) is 6.93. The Hall–Kier alpha value is -3.27. The Bertz CT molecular complexity index is 1210. The van der Waals surface area contributed by atoms with Crippen molar-refractivity contribution in [2.75, 3.05) is 31.3 Å². The van der Waals surface area contributed by atoms with E-state index in [1.54, 1.807) is 19.1 Å². The number of benzene rings is 2. The topological polar surface area (TPSA) is 105 Å². The lowest BCUT2D eigenvalue weighted by molar-refractivity contribution is -0.139. The van der Waals surface area contributed by atoms with Crippen LogP contribution in [-0.2, 0) is 26.2 Å². The molecule has 1 aliphatic carbocycles. The van der Waals surface area contributed by atoms with E-state index in [1.165, 1.54) is 25.2 Å². The molecular formula is C28H39N3O6S. The number of carbonyl (C=O) groups is 2. The number of nitrogens with zero attached hydrogens (tertiary/aromatic N) is 2. The predicted molar refractivity (Wildman–Crippen MR) is 148 cm³/mol. The van der Waals surface area contributed by atoms with Gasteiger partial charge in [0.2, 0.25) is 21.8 Å². The number of hydrogen-bond acceptors (Lipinski definition) is 6. The maximum Gasteiger partial charge on any atom is 0.244 e. The molecule has 0 unspecified atom stereocenters. The zero-order chi connectivity index (χ0) is 27.9. The molecule has 1 N–H and O–H groups in total. The van der Waals surface area contributed by atoms with Gasteiger partial charge in [0.15, 0.2) is 0 Å². The van der Waals surface area contributed by atoms with Gasteiger partial charge < -0.3 is 19.7 Å². The van der Waals surface area contributed by atoms with Gasteiger partial charge in [-0.25, -0.2) is 8.42 Å². The molecule has 0 saturated heterocycles. The van der Waals surface area contributed by atoms with Crippen molar-refractivity contribution in [1.29, 1.82) is 0 Å². The quantitative estimate of drug-likeness (QED) is 0.462. The van der Waals surface area contributed by atoms with Gasteiger partial charge in [0, 0.05) is 18.7 Å². The van der Waals surface area contributed by atoms with Gasteiger partial charge in [-0.1, -0.05) is 49.1 Å². The van der Waals surface area contributed by atoms with Crippen LogP contribution in [0.1, 0.15) is 50.2 Å². The summed E-state index contributed by atoms with van der Waals surface area (Å²) < 4.78 is 37.5. The van der Waals surface area contributed by atoms with Gasteiger partial charge in [0.25, 0.3) is 0 Å². The highest BCUT2D eigenvalue weighted by molar-refractivity contribution is 7.92. The summed E-state index contributed by atoms with van der Waals surface area (Å²) in [5.41, 5.74) is 2.09. The fraction of sp³-hybridized carbons (Fsp3) is 0.500. The first-order valence-corrected chi connectivity index (χ1v) is 14.7. The van der Waals surface area contributed by atoms with E-state index in [9.17, 15) is 18.0 Å². The van der Waals surface area contributed by atoms with Crippen LogP contribution in [0.2, 0.25) is 0 Å². The summed E-state index contributed by atoms with van der Waals surface area (Å²) in [6, 6.07) is 11.7. The molecule has 0 aliphatic heterocycles. The number of anilines is 1. The second-order valence-electron chi connectivity index (χ2n) is 9.83. The molecule has 0 aromatic heterocycles. The minimum Gasteiger partial charge on any atom is -0.497 e. The van der Waals surface area contributed by atoms with Crippen molar-refractivity contribution >= 4 is 27.5 Å². The zero-order valence-electron chi connectivity index (χ0n) is 22.9. The van der Waals surface area contributed by atoms with E-state index in [0.717, 1.165) is 53.8 Å². The SMILES string of the molecule is COc1ccc(OC)c(N(CC(=O)N(Cc2ccc(C)cc2)[C@H](C)C(=O)NC2CCCCC2)S(C)(=O)=O)c1. The van der Waals surface area contributed by atoms with E-state index in [0.29, 0.717) is 5.75 Å². The molecule has 9 nitrogen and oxygen atoms in total. The number of amides is 2. The standard InChI is InChI=1S/C28H39N3O6S/c1-20-11-13-22(14-12-20)18-30(21(2)28(33)29-23-9-7-6-8-10-23)27(32)19-31(38(5,34)35)25-17-24(36-3)15-16-26(25)37-4/h11-17,21,23H,6-10,18-19H2,1-5H3,(H,29,33)/t21-/m1/s1. The minimum atomic E-state index is -3.90. The van der Waals surface area contributed by atoms with E-state index in [2.05, 4.69) is 5.32 Å². The maximum absolute atomic E-state index is 13.8. The van der Waals surface area contributed by atoms with Gasteiger partial charge in [0.05, 0.1) is 26.2 Å². The second-order valence-corrected chi connectivity index (χ2v) is 11.7. The lowest BCUT2D eigenvalue weighted by atomic mass is 9.95.